The van der Waals surface area contributed by atoms with Crippen molar-refractivity contribution in [2.75, 3.05) is 0 Å². The van der Waals surface area contributed by atoms with Crippen molar-refractivity contribution in [3.05, 3.63) is 0 Å². The quantitative estimate of drug-likeness (QED) is 0.132. The summed E-state index contributed by atoms with van der Waals surface area (Å²) in [4.78, 5) is 0. The van der Waals surface area contributed by atoms with Crippen LogP contribution in [0.2, 0.25) is 6.55 Å². The number of halogens is 3. The standard InChI is InChI=1S/C12H25Cl2ISi/c1-3-4-5-6-7-8-9-10-11-12(15)16(2,13)14/h12H,3-11H2,1-2H3. The second-order valence-corrected chi connectivity index (χ2v) is 15.3. The topological polar surface area (TPSA) is 0 Å². The smallest absolute Gasteiger partial charge is 0.145 e. The molecule has 0 aliphatic carbocycles. The molecule has 0 radical (unpaired) electrons. The zero-order valence-corrected chi connectivity index (χ0v) is 15.2. The molecule has 0 aromatic rings. The Balaban J connectivity index is 3.21. The Morgan fingerprint density at radius 3 is 1.81 bits per heavy atom. The van der Waals surface area contributed by atoms with E-state index in [1.807, 2.05) is 6.55 Å². The van der Waals surface area contributed by atoms with Crippen LogP contribution in [0.3, 0.4) is 0 Å². The largest absolute Gasteiger partial charge is 0.260 e. The van der Waals surface area contributed by atoms with Crippen LogP contribution in [-0.4, -0.2) is 10.2 Å². The average molecular weight is 395 g/mol. The Labute approximate surface area is 125 Å². The zero-order chi connectivity index (χ0) is 12.4. The van der Waals surface area contributed by atoms with Crippen LogP contribution in [0.4, 0.5) is 0 Å². The summed E-state index contributed by atoms with van der Waals surface area (Å²) in [6, 6.07) is 0. The van der Waals surface area contributed by atoms with Crippen LogP contribution in [0.15, 0.2) is 0 Å². The molecule has 0 bridgehead atoms. The van der Waals surface area contributed by atoms with E-state index in [1.165, 1.54) is 57.8 Å². The van der Waals surface area contributed by atoms with Gasteiger partial charge in [-0.15, -0.1) is 22.2 Å². The van der Waals surface area contributed by atoms with Crippen molar-refractivity contribution in [1.82, 2.24) is 0 Å². The maximum Gasteiger partial charge on any atom is 0.260 e. The second kappa shape index (κ2) is 10.4. The van der Waals surface area contributed by atoms with E-state index in [-0.39, 0.29) is 0 Å². The minimum atomic E-state index is -1.92. The van der Waals surface area contributed by atoms with Gasteiger partial charge in [0.2, 0.25) is 0 Å². The lowest BCUT2D eigenvalue weighted by Gasteiger charge is -2.17. The Morgan fingerprint density at radius 2 is 1.38 bits per heavy atom. The highest BCUT2D eigenvalue weighted by Crippen LogP contribution is 2.29. The zero-order valence-electron chi connectivity index (χ0n) is 10.6. The van der Waals surface area contributed by atoms with E-state index < -0.39 is 6.69 Å². The van der Waals surface area contributed by atoms with Crippen molar-refractivity contribution in [3.63, 3.8) is 0 Å². The van der Waals surface area contributed by atoms with Gasteiger partial charge in [0, 0.05) is 3.55 Å². The molecular weight excluding hydrogens is 370 g/mol. The third-order valence-corrected chi connectivity index (χ3v) is 12.4. The average Bonchev–Trinajstić information content (AvgIpc) is 2.20. The van der Waals surface area contributed by atoms with Gasteiger partial charge < -0.3 is 0 Å². The fourth-order valence-corrected chi connectivity index (χ4v) is 3.52. The SMILES string of the molecule is CCCCCCCCCCC(I)[Si](C)(Cl)Cl. The molecule has 0 aliphatic heterocycles. The first kappa shape index (κ1) is 17.5. The highest BCUT2D eigenvalue weighted by Gasteiger charge is 2.30. The summed E-state index contributed by atoms with van der Waals surface area (Å²) >= 11 is 14.8. The molecule has 1 unspecified atom stereocenters. The number of alkyl halides is 1. The second-order valence-electron chi connectivity index (χ2n) is 4.69. The summed E-state index contributed by atoms with van der Waals surface area (Å²) in [7, 11) is 0. The lowest BCUT2D eigenvalue weighted by atomic mass is 10.1. The number of hydrogen-bond donors (Lipinski definition) is 0. The van der Waals surface area contributed by atoms with Gasteiger partial charge in [-0.05, 0) is 13.0 Å². The Morgan fingerprint density at radius 1 is 0.938 bits per heavy atom. The van der Waals surface area contributed by atoms with Gasteiger partial charge in [-0.25, -0.2) is 0 Å². The van der Waals surface area contributed by atoms with Crippen LogP contribution in [0.25, 0.3) is 0 Å². The molecule has 0 nitrogen and oxygen atoms in total. The number of hydrogen-bond acceptors (Lipinski definition) is 0. The predicted octanol–water partition coefficient (Wildman–Crippen LogP) is 6.41. The van der Waals surface area contributed by atoms with Crippen molar-refractivity contribution < 1.29 is 0 Å². The molecule has 0 spiro atoms. The third-order valence-electron chi connectivity index (χ3n) is 2.86. The van der Waals surface area contributed by atoms with Gasteiger partial charge in [-0.2, -0.15) is 0 Å². The highest BCUT2D eigenvalue weighted by atomic mass is 127. The maximum absolute atomic E-state index is 6.18. The van der Waals surface area contributed by atoms with Gasteiger partial charge in [0.05, 0.1) is 0 Å². The maximum atomic E-state index is 6.18. The van der Waals surface area contributed by atoms with Crippen molar-refractivity contribution in [3.8, 4) is 0 Å². The number of rotatable bonds is 10. The lowest BCUT2D eigenvalue weighted by Crippen LogP contribution is -2.27. The molecule has 0 amide bonds. The Kier molecular flexibility index (Phi) is 11.4. The fraction of sp³-hybridized carbons (Fsp3) is 1.00. The van der Waals surface area contributed by atoms with Crippen molar-refractivity contribution >= 4 is 51.4 Å². The summed E-state index contributed by atoms with van der Waals surface area (Å²) in [5.74, 6) is 0. The fourth-order valence-electron chi connectivity index (χ4n) is 1.71. The van der Waals surface area contributed by atoms with E-state index >= 15 is 0 Å². The van der Waals surface area contributed by atoms with Crippen molar-refractivity contribution in [2.45, 2.75) is 74.8 Å². The summed E-state index contributed by atoms with van der Waals surface area (Å²) in [6.07, 6.45) is 12.2. The van der Waals surface area contributed by atoms with Crippen LogP contribution >= 0.6 is 44.7 Å². The van der Waals surface area contributed by atoms with Crippen LogP contribution in [-0.2, 0) is 0 Å². The minimum Gasteiger partial charge on any atom is -0.145 e. The Hall–Kier alpha value is 1.53. The molecule has 0 aliphatic rings. The van der Waals surface area contributed by atoms with Gasteiger partial charge in [0.1, 0.15) is 0 Å². The molecule has 0 rings (SSSR count). The van der Waals surface area contributed by atoms with E-state index in [1.54, 1.807) is 0 Å². The van der Waals surface area contributed by atoms with Crippen LogP contribution in [0.1, 0.15) is 64.7 Å². The summed E-state index contributed by atoms with van der Waals surface area (Å²) in [5.41, 5.74) is 0. The molecule has 0 aromatic carbocycles. The molecule has 16 heavy (non-hydrogen) atoms. The minimum absolute atomic E-state index is 0.508. The summed E-state index contributed by atoms with van der Waals surface area (Å²) < 4.78 is 0.508. The molecule has 0 saturated carbocycles. The van der Waals surface area contributed by atoms with E-state index in [2.05, 4.69) is 29.5 Å². The predicted molar refractivity (Wildman–Crippen MR) is 88.4 cm³/mol. The first-order valence-corrected chi connectivity index (χ1v) is 12.3. The van der Waals surface area contributed by atoms with Crippen molar-refractivity contribution in [2.24, 2.45) is 0 Å². The van der Waals surface area contributed by atoms with E-state index in [4.69, 9.17) is 22.2 Å². The molecule has 4 heteroatoms. The Bertz CT molecular complexity index is 160. The van der Waals surface area contributed by atoms with Crippen molar-refractivity contribution in [1.29, 1.82) is 0 Å². The first-order valence-electron chi connectivity index (χ1n) is 6.50. The van der Waals surface area contributed by atoms with Gasteiger partial charge in [-0.3, -0.25) is 0 Å². The third kappa shape index (κ3) is 10.7. The summed E-state index contributed by atoms with van der Waals surface area (Å²) in [6.45, 7) is 2.37. The van der Waals surface area contributed by atoms with E-state index in [9.17, 15) is 0 Å². The molecule has 0 N–H and O–H groups in total. The summed E-state index contributed by atoms with van der Waals surface area (Å²) in [5, 5.41) is 0. The molecule has 0 aromatic heterocycles. The molecule has 1 atom stereocenters. The van der Waals surface area contributed by atoms with Gasteiger partial charge in [0.25, 0.3) is 6.69 Å². The van der Waals surface area contributed by atoms with Crippen LogP contribution in [0.5, 0.6) is 0 Å². The van der Waals surface area contributed by atoms with Gasteiger partial charge in [0.15, 0.2) is 0 Å². The van der Waals surface area contributed by atoms with E-state index in [0.717, 1.165) is 0 Å². The molecule has 0 saturated heterocycles. The number of unbranched alkanes of at least 4 members (excludes halogenated alkanes) is 7. The normalized spacial score (nSPS) is 14.1. The van der Waals surface area contributed by atoms with E-state index in [0.29, 0.717) is 3.55 Å². The van der Waals surface area contributed by atoms with Crippen LogP contribution in [0, 0.1) is 0 Å². The molecule has 98 valence electrons. The molecule has 0 fully saturated rings. The van der Waals surface area contributed by atoms with Gasteiger partial charge in [-0.1, -0.05) is 80.9 Å². The molecular formula is C12H25Cl2ISi. The lowest BCUT2D eigenvalue weighted by molar-refractivity contribution is 0.571. The monoisotopic (exact) mass is 394 g/mol. The van der Waals surface area contributed by atoms with Crippen LogP contribution < -0.4 is 0 Å². The molecule has 0 heterocycles. The first-order chi connectivity index (χ1) is 7.48. The van der Waals surface area contributed by atoms with Gasteiger partial charge >= 0.3 is 0 Å². The highest BCUT2D eigenvalue weighted by molar-refractivity contribution is 14.1.